The van der Waals surface area contributed by atoms with E-state index < -0.39 is 0 Å². The number of aryl methyl sites for hydroxylation is 2. The molecular formula is C14H18BrNO. The molecule has 1 amide bonds. The zero-order chi connectivity index (χ0) is 12.5. The van der Waals surface area contributed by atoms with E-state index >= 15 is 0 Å². The first-order chi connectivity index (χ1) is 7.99. The number of amides is 1. The van der Waals surface area contributed by atoms with Crippen LogP contribution in [0.2, 0.25) is 0 Å². The molecule has 1 N–H and O–H groups in total. The fourth-order valence-corrected chi connectivity index (χ4v) is 2.53. The van der Waals surface area contributed by atoms with Crippen LogP contribution in [0.5, 0.6) is 0 Å². The number of carbonyl (C=O) groups excluding carboxylic acids is 1. The molecule has 0 aromatic heterocycles. The first-order valence-electron chi connectivity index (χ1n) is 6.05. The van der Waals surface area contributed by atoms with E-state index in [1.807, 2.05) is 0 Å². The highest BCUT2D eigenvalue weighted by atomic mass is 79.9. The molecule has 1 aliphatic carbocycles. The second kappa shape index (κ2) is 4.81. The lowest BCUT2D eigenvalue weighted by molar-refractivity contribution is 0.259. The van der Waals surface area contributed by atoms with Crippen LogP contribution in [0.3, 0.4) is 0 Å². The summed E-state index contributed by atoms with van der Waals surface area (Å²) >= 11 is 2.90. The van der Waals surface area contributed by atoms with Gasteiger partial charge in [0.15, 0.2) is 0 Å². The first kappa shape index (κ1) is 12.6. The fraction of sp³-hybridized carbons (Fsp3) is 0.500. The number of nitrogens with one attached hydrogen (secondary N) is 1. The summed E-state index contributed by atoms with van der Waals surface area (Å²) in [6, 6.07) is 6.75. The highest BCUT2D eigenvalue weighted by Gasteiger charge is 2.23. The average molecular weight is 296 g/mol. The molecule has 0 saturated heterocycles. The molecule has 17 heavy (non-hydrogen) atoms. The van der Waals surface area contributed by atoms with Crippen LogP contribution in [0.25, 0.3) is 0 Å². The van der Waals surface area contributed by atoms with E-state index in [-0.39, 0.29) is 10.2 Å². The molecule has 0 bridgehead atoms. The maximum Gasteiger partial charge on any atom is 0.287 e. The lowest BCUT2D eigenvalue weighted by Gasteiger charge is -2.26. The highest BCUT2D eigenvalue weighted by Crippen LogP contribution is 2.29. The fourth-order valence-electron chi connectivity index (χ4n) is 2.39. The Kier molecular flexibility index (Phi) is 3.57. The van der Waals surface area contributed by atoms with Gasteiger partial charge in [0, 0.05) is 27.9 Å². The molecule has 0 fully saturated rings. The predicted molar refractivity (Wildman–Crippen MR) is 73.8 cm³/mol. The summed E-state index contributed by atoms with van der Waals surface area (Å²) in [5.74, 6) is 0. The van der Waals surface area contributed by atoms with Gasteiger partial charge >= 0.3 is 0 Å². The van der Waals surface area contributed by atoms with Gasteiger partial charge in [0.2, 0.25) is 0 Å². The van der Waals surface area contributed by atoms with Crippen LogP contribution in [0.4, 0.5) is 4.79 Å². The maximum absolute atomic E-state index is 10.9. The average Bonchev–Trinajstić information content (AvgIpc) is 2.73. The lowest BCUT2D eigenvalue weighted by atomic mass is 9.83. The lowest BCUT2D eigenvalue weighted by Crippen LogP contribution is -2.34. The van der Waals surface area contributed by atoms with Crippen molar-refractivity contribution in [3.8, 4) is 0 Å². The smallest absolute Gasteiger partial charge is 0.287 e. The van der Waals surface area contributed by atoms with Crippen LogP contribution < -0.4 is 5.32 Å². The quantitative estimate of drug-likeness (QED) is 0.670. The van der Waals surface area contributed by atoms with Crippen molar-refractivity contribution in [1.29, 1.82) is 0 Å². The highest BCUT2D eigenvalue weighted by molar-refractivity contribution is 9.18. The number of hydrogen-bond acceptors (Lipinski definition) is 1. The third-order valence-corrected chi connectivity index (χ3v) is 3.83. The minimum Gasteiger partial charge on any atom is -0.346 e. The Labute approximate surface area is 111 Å². The molecule has 3 heteroatoms. The van der Waals surface area contributed by atoms with E-state index in [0.29, 0.717) is 6.54 Å². The molecule has 0 aliphatic heterocycles. The summed E-state index contributed by atoms with van der Waals surface area (Å²) in [6.45, 7) is 4.97. The molecule has 0 atom stereocenters. The summed E-state index contributed by atoms with van der Waals surface area (Å²) in [5, 5.41) is 2.83. The molecule has 1 aromatic carbocycles. The summed E-state index contributed by atoms with van der Waals surface area (Å²) in [6.07, 6.45) is 3.69. The van der Waals surface area contributed by atoms with Crippen LogP contribution in [-0.4, -0.2) is 11.4 Å². The van der Waals surface area contributed by atoms with Crippen LogP contribution in [0.15, 0.2) is 18.2 Å². The molecule has 1 aromatic rings. The van der Waals surface area contributed by atoms with E-state index in [2.05, 4.69) is 53.3 Å². The standard InChI is InChI=1S/C14H18BrNO/c1-14(2,9-16-13(15)17)12-7-6-10-4-3-5-11(10)8-12/h6-8H,3-5,9H2,1-2H3,(H,16,17). The molecule has 92 valence electrons. The Morgan fingerprint density at radius 3 is 2.76 bits per heavy atom. The van der Waals surface area contributed by atoms with Crippen molar-refractivity contribution in [2.45, 2.75) is 38.5 Å². The number of benzene rings is 1. The van der Waals surface area contributed by atoms with Crippen LogP contribution in [0, 0.1) is 0 Å². The van der Waals surface area contributed by atoms with Gasteiger partial charge in [-0.25, -0.2) is 0 Å². The Morgan fingerprint density at radius 2 is 2.06 bits per heavy atom. The molecule has 2 nitrogen and oxygen atoms in total. The van der Waals surface area contributed by atoms with Crippen molar-refractivity contribution in [2.24, 2.45) is 0 Å². The van der Waals surface area contributed by atoms with Crippen molar-refractivity contribution in [3.05, 3.63) is 34.9 Å². The van der Waals surface area contributed by atoms with Gasteiger partial charge in [-0.05, 0) is 36.0 Å². The normalized spacial score (nSPS) is 14.5. The number of rotatable bonds is 3. The van der Waals surface area contributed by atoms with Crippen LogP contribution >= 0.6 is 15.9 Å². The maximum atomic E-state index is 10.9. The van der Waals surface area contributed by atoms with Gasteiger partial charge in [-0.3, -0.25) is 4.79 Å². The van der Waals surface area contributed by atoms with Crippen LogP contribution in [-0.2, 0) is 18.3 Å². The summed E-state index contributed by atoms with van der Waals surface area (Å²) in [4.78, 5) is 10.8. The van der Waals surface area contributed by atoms with Crippen molar-refractivity contribution in [1.82, 2.24) is 5.32 Å². The van der Waals surface area contributed by atoms with E-state index in [0.717, 1.165) is 0 Å². The Hall–Kier alpha value is -0.830. The molecule has 0 spiro atoms. The van der Waals surface area contributed by atoms with Gasteiger partial charge in [0.05, 0.1) is 0 Å². The molecule has 0 radical (unpaired) electrons. The predicted octanol–water partition coefficient (Wildman–Crippen LogP) is 3.56. The Bertz CT molecular complexity index is 440. The molecule has 1 aliphatic rings. The molecular weight excluding hydrogens is 278 g/mol. The number of fused-ring (bicyclic) bond motifs is 1. The van der Waals surface area contributed by atoms with Gasteiger partial charge < -0.3 is 5.32 Å². The summed E-state index contributed by atoms with van der Waals surface area (Å²) < 4.78 is 0. The Morgan fingerprint density at radius 1 is 1.35 bits per heavy atom. The third kappa shape index (κ3) is 2.89. The minimum atomic E-state index is -0.147. The molecule has 0 heterocycles. The van der Waals surface area contributed by atoms with Crippen LogP contribution in [0.1, 0.15) is 37.0 Å². The Balaban J connectivity index is 2.18. The van der Waals surface area contributed by atoms with Crippen molar-refractivity contribution in [3.63, 3.8) is 0 Å². The van der Waals surface area contributed by atoms with Gasteiger partial charge in [-0.1, -0.05) is 32.0 Å². The van der Waals surface area contributed by atoms with E-state index in [1.165, 1.54) is 36.0 Å². The largest absolute Gasteiger partial charge is 0.346 e. The van der Waals surface area contributed by atoms with Gasteiger partial charge in [-0.15, -0.1) is 0 Å². The number of hydrogen-bond donors (Lipinski definition) is 1. The second-order valence-corrected chi connectivity index (χ2v) is 6.07. The van der Waals surface area contributed by atoms with Gasteiger partial charge in [0.1, 0.15) is 0 Å². The van der Waals surface area contributed by atoms with E-state index in [1.54, 1.807) is 0 Å². The zero-order valence-electron chi connectivity index (χ0n) is 10.3. The summed E-state index contributed by atoms with van der Waals surface area (Å²) in [5.41, 5.74) is 4.26. The van der Waals surface area contributed by atoms with Gasteiger partial charge in [0.25, 0.3) is 4.82 Å². The SMILES string of the molecule is CC(C)(CNC(=O)Br)c1ccc2c(c1)CCC2. The monoisotopic (exact) mass is 295 g/mol. The van der Waals surface area contributed by atoms with E-state index in [9.17, 15) is 4.79 Å². The van der Waals surface area contributed by atoms with E-state index in [4.69, 9.17) is 0 Å². The van der Waals surface area contributed by atoms with Crippen molar-refractivity contribution in [2.75, 3.05) is 6.54 Å². The molecule has 0 unspecified atom stereocenters. The van der Waals surface area contributed by atoms with Crippen molar-refractivity contribution < 1.29 is 4.79 Å². The zero-order valence-corrected chi connectivity index (χ0v) is 11.9. The molecule has 0 saturated carbocycles. The second-order valence-electron chi connectivity index (χ2n) is 5.35. The first-order valence-corrected chi connectivity index (χ1v) is 6.84. The molecule has 2 rings (SSSR count). The van der Waals surface area contributed by atoms with Gasteiger partial charge in [-0.2, -0.15) is 0 Å². The van der Waals surface area contributed by atoms with Crippen molar-refractivity contribution >= 4 is 20.7 Å². The number of carbonyl (C=O) groups is 1. The number of halogens is 1. The third-order valence-electron chi connectivity index (χ3n) is 3.55. The summed E-state index contributed by atoms with van der Waals surface area (Å²) in [7, 11) is 0. The minimum absolute atomic E-state index is 0.0267. The topological polar surface area (TPSA) is 29.1 Å².